The van der Waals surface area contributed by atoms with Gasteiger partial charge in [0.15, 0.2) is 0 Å². The number of benzene rings is 1. The molecule has 0 spiro atoms. The molecule has 1 aromatic carbocycles. The number of hydrogen-bond donors (Lipinski definition) is 2. The van der Waals surface area contributed by atoms with E-state index < -0.39 is 0 Å². The Morgan fingerprint density at radius 3 is 2.74 bits per heavy atom. The van der Waals surface area contributed by atoms with E-state index in [2.05, 4.69) is 15.3 Å². The number of aromatic amines is 1. The van der Waals surface area contributed by atoms with E-state index in [9.17, 15) is 0 Å². The zero-order valence-corrected chi connectivity index (χ0v) is 11.4. The molecular weight excluding hydrogens is 242 g/mol. The van der Waals surface area contributed by atoms with Gasteiger partial charge in [-0.2, -0.15) is 0 Å². The van der Waals surface area contributed by atoms with Crippen molar-refractivity contribution in [1.29, 1.82) is 0 Å². The van der Waals surface area contributed by atoms with Crippen molar-refractivity contribution < 1.29 is 9.47 Å². The number of likely N-dealkylation sites (N-methyl/N-ethyl adjacent to an activating group) is 1. The number of nitrogens with zero attached hydrogens (tertiary/aromatic N) is 1. The molecule has 2 aromatic rings. The third kappa shape index (κ3) is 3.06. The van der Waals surface area contributed by atoms with Gasteiger partial charge in [0.1, 0.15) is 17.3 Å². The summed E-state index contributed by atoms with van der Waals surface area (Å²) in [5.41, 5.74) is 1.09. The highest BCUT2D eigenvalue weighted by Gasteiger charge is 2.16. The van der Waals surface area contributed by atoms with Crippen LogP contribution in [0.4, 0.5) is 0 Å². The summed E-state index contributed by atoms with van der Waals surface area (Å²) in [5.74, 6) is 2.54. The maximum atomic E-state index is 5.44. The standard InChI is InChI=1S/C14H19N3O2/c1-15-12(9-14-16-6-7-17-14)11-5-4-10(18-2)8-13(11)19-3/h4-8,12,15H,9H2,1-3H3,(H,16,17). The highest BCUT2D eigenvalue weighted by atomic mass is 16.5. The molecule has 1 atom stereocenters. The molecular formula is C14H19N3O2. The van der Waals surface area contributed by atoms with Gasteiger partial charge in [-0.05, 0) is 13.1 Å². The van der Waals surface area contributed by atoms with Gasteiger partial charge in [0.05, 0.1) is 14.2 Å². The number of rotatable bonds is 6. The molecule has 102 valence electrons. The van der Waals surface area contributed by atoms with Crippen molar-refractivity contribution in [2.24, 2.45) is 0 Å². The Labute approximate surface area is 113 Å². The number of ether oxygens (including phenoxy) is 2. The average Bonchev–Trinajstić information content (AvgIpc) is 2.97. The minimum absolute atomic E-state index is 0.131. The van der Waals surface area contributed by atoms with Crippen molar-refractivity contribution in [3.63, 3.8) is 0 Å². The SMILES string of the molecule is CNC(Cc1ncc[nH]1)c1ccc(OC)cc1OC. The van der Waals surface area contributed by atoms with Crippen LogP contribution in [0.3, 0.4) is 0 Å². The third-order valence-corrected chi connectivity index (χ3v) is 3.12. The second-order valence-electron chi connectivity index (χ2n) is 4.19. The first-order valence-electron chi connectivity index (χ1n) is 6.16. The topological polar surface area (TPSA) is 59.2 Å². The minimum Gasteiger partial charge on any atom is -0.497 e. The van der Waals surface area contributed by atoms with Crippen molar-refractivity contribution in [3.05, 3.63) is 42.0 Å². The fourth-order valence-electron chi connectivity index (χ4n) is 2.08. The summed E-state index contributed by atoms with van der Waals surface area (Å²) >= 11 is 0. The van der Waals surface area contributed by atoms with Crippen molar-refractivity contribution in [3.8, 4) is 11.5 Å². The molecule has 1 heterocycles. The van der Waals surface area contributed by atoms with Crippen LogP contribution in [0.2, 0.25) is 0 Å². The van der Waals surface area contributed by atoms with E-state index >= 15 is 0 Å². The fraction of sp³-hybridized carbons (Fsp3) is 0.357. The van der Waals surface area contributed by atoms with Gasteiger partial charge >= 0.3 is 0 Å². The predicted molar refractivity (Wildman–Crippen MR) is 73.6 cm³/mol. The zero-order chi connectivity index (χ0) is 13.7. The molecule has 0 fully saturated rings. The number of H-pyrrole nitrogens is 1. The molecule has 1 aromatic heterocycles. The van der Waals surface area contributed by atoms with Gasteiger partial charge in [-0.3, -0.25) is 0 Å². The quantitative estimate of drug-likeness (QED) is 0.834. The first kappa shape index (κ1) is 13.4. The smallest absolute Gasteiger partial charge is 0.127 e. The minimum atomic E-state index is 0.131. The summed E-state index contributed by atoms with van der Waals surface area (Å²) in [6, 6.07) is 5.97. The van der Waals surface area contributed by atoms with Gasteiger partial charge in [0, 0.05) is 36.5 Å². The predicted octanol–water partition coefficient (Wildman–Crippen LogP) is 1.93. The van der Waals surface area contributed by atoms with Gasteiger partial charge < -0.3 is 19.8 Å². The van der Waals surface area contributed by atoms with Crippen molar-refractivity contribution in [2.45, 2.75) is 12.5 Å². The first-order valence-corrected chi connectivity index (χ1v) is 6.16. The lowest BCUT2D eigenvalue weighted by Crippen LogP contribution is -2.20. The second-order valence-corrected chi connectivity index (χ2v) is 4.19. The lowest BCUT2D eigenvalue weighted by Gasteiger charge is -2.19. The summed E-state index contributed by atoms with van der Waals surface area (Å²) in [7, 11) is 5.24. The molecule has 0 bridgehead atoms. The van der Waals surface area contributed by atoms with E-state index in [4.69, 9.17) is 9.47 Å². The number of nitrogens with one attached hydrogen (secondary N) is 2. The maximum absolute atomic E-state index is 5.44. The van der Waals surface area contributed by atoms with Crippen LogP contribution in [0.1, 0.15) is 17.4 Å². The summed E-state index contributed by atoms with van der Waals surface area (Å²) < 4.78 is 10.7. The Morgan fingerprint density at radius 1 is 1.32 bits per heavy atom. The highest BCUT2D eigenvalue weighted by molar-refractivity contribution is 5.42. The molecule has 2 rings (SSSR count). The summed E-state index contributed by atoms with van der Waals surface area (Å²) in [4.78, 5) is 7.37. The molecule has 0 aliphatic carbocycles. The van der Waals surface area contributed by atoms with Crippen LogP contribution in [-0.4, -0.2) is 31.2 Å². The molecule has 1 unspecified atom stereocenters. The van der Waals surface area contributed by atoms with Gasteiger partial charge in [-0.15, -0.1) is 0 Å². The summed E-state index contributed by atoms with van der Waals surface area (Å²) in [5, 5.41) is 3.29. The van der Waals surface area contributed by atoms with E-state index in [0.29, 0.717) is 0 Å². The Morgan fingerprint density at radius 2 is 2.16 bits per heavy atom. The molecule has 5 heteroatoms. The van der Waals surface area contributed by atoms with Crippen LogP contribution in [0.25, 0.3) is 0 Å². The van der Waals surface area contributed by atoms with Crippen LogP contribution >= 0.6 is 0 Å². The molecule has 0 radical (unpaired) electrons. The molecule has 0 aliphatic heterocycles. The third-order valence-electron chi connectivity index (χ3n) is 3.12. The van der Waals surface area contributed by atoms with Gasteiger partial charge in [-0.25, -0.2) is 4.98 Å². The molecule has 0 saturated carbocycles. The number of aromatic nitrogens is 2. The Kier molecular flexibility index (Phi) is 4.41. The molecule has 2 N–H and O–H groups in total. The Balaban J connectivity index is 2.26. The fourth-order valence-corrected chi connectivity index (χ4v) is 2.08. The van der Waals surface area contributed by atoms with Crippen LogP contribution in [0, 0.1) is 0 Å². The van der Waals surface area contributed by atoms with Crippen LogP contribution in [-0.2, 0) is 6.42 Å². The Bertz CT molecular complexity index is 511. The van der Waals surface area contributed by atoms with E-state index in [1.807, 2.05) is 31.4 Å². The summed E-state index contributed by atoms with van der Waals surface area (Å²) in [6.45, 7) is 0. The highest BCUT2D eigenvalue weighted by Crippen LogP contribution is 2.30. The molecule has 19 heavy (non-hydrogen) atoms. The van der Waals surface area contributed by atoms with E-state index in [0.717, 1.165) is 29.3 Å². The average molecular weight is 261 g/mol. The van der Waals surface area contributed by atoms with Crippen LogP contribution in [0.5, 0.6) is 11.5 Å². The maximum Gasteiger partial charge on any atom is 0.127 e. The van der Waals surface area contributed by atoms with Gasteiger partial charge in [-0.1, -0.05) is 6.07 Å². The molecule has 0 aliphatic rings. The van der Waals surface area contributed by atoms with E-state index in [1.165, 1.54) is 0 Å². The molecule has 0 amide bonds. The number of imidazole rings is 1. The number of methoxy groups -OCH3 is 2. The van der Waals surface area contributed by atoms with Gasteiger partial charge in [0.2, 0.25) is 0 Å². The van der Waals surface area contributed by atoms with Crippen LogP contribution < -0.4 is 14.8 Å². The number of hydrogen-bond acceptors (Lipinski definition) is 4. The molecule has 5 nitrogen and oxygen atoms in total. The van der Waals surface area contributed by atoms with Crippen molar-refractivity contribution in [1.82, 2.24) is 15.3 Å². The Hall–Kier alpha value is -2.01. The van der Waals surface area contributed by atoms with Crippen LogP contribution in [0.15, 0.2) is 30.6 Å². The van der Waals surface area contributed by atoms with Crippen molar-refractivity contribution >= 4 is 0 Å². The lowest BCUT2D eigenvalue weighted by atomic mass is 10.0. The summed E-state index contributed by atoms with van der Waals surface area (Å²) in [6.07, 6.45) is 4.35. The van der Waals surface area contributed by atoms with Gasteiger partial charge in [0.25, 0.3) is 0 Å². The lowest BCUT2D eigenvalue weighted by molar-refractivity contribution is 0.385. The largest absolute Gasteiger partial charge is 0.497 e. The van der Waals surface area contributed by atoms with E-state index in [1.54, 1.807) is 20.4 Å². The first-order chi connectivity index (χ1) is 9.28. The normalized spacial score (nSPS) is 12.2. The van der Waals surface area contributed by atoms with E-state index in [-0.39, 0.29) is 6.04 Å². The van der Waals surface area contributed by atoms with Crippen molar-refractivity contribution in [2.75, 3.05) is 21.3 Å². The zero-order valence-electron chi connectivity index (χ0n) is 11.4. The monoisotopic (exact) mass is 261 g/mol. The second kappa shape index (κ2) is 6.24. The molecule has 0 saturated heterocycles.